The van der Waals surface area contributed by atoms with Crippen LogP contribution in [0.15, 0.2) is 42.6 Å². The summed E-state index contributed by atoms with van der Waals surface area (Å²) >= 11 is 12.3. The Morgan fingerprint density at radius 2 is 1.79 bits per heavy atom. The fraction of sp³-hybridized carbons (Fsp3) is 0.217. The number of nitrogens with zero attached hydrogens (tertiary/aromatic N) is 1. The zero-order chi connectivity index (χ0) is 24.0. The Balaban J connectivity index is 2.06. The maximum Gasteiger partial charge on any atom is 0.340 e. The van der Waals surface area contributed by atoms with Gasteiger partial charge in [-0.2, -0.15) is 0 Å². The highest BCUT2D eigenvalue weighted by molar-refractivity contribution is 6.40. The van der Waals surface area contributed by atoms with Crippen LogP contribution < -0.4 is 10.6 Å². The Bertz CT molecular complexity index is 1200. The predicted octanol–water partition coefficient (Wildman–Crippen LogP) is 3.62. The summed E-state index contributed by atoms with van der Waals surface area (Å²) in [4.78, 5) is 42.1. The Morgan fingerprint density at radius 1 is 1.09 bits per heavy atom. The number of pyridine rings is 1. The molecule has 3 rings (SSSR count). The number of carbonyl (C=O) groups is 3. The number of rotatable bonds is 8. The van der Waals surface area contributed by atoms with E-state index in [4.69, 9.17) is 33.0 Å². The summed E-state index contributed by atoms with van der Waals surface area (Å²) in [5.41, 5.74) is 1.36. The molecule has 172 valence electrons. The maximum absolute atomic E-state index is 12.9. The molecule has 3 N–H and O–H groups in total. The summed E-state index contributed by atoms with van der Waals surface area (Å²) in [5, 5.41) is 15.2. The number of amides is 2. The first-order chi connectivity index (χ1) is 15.9. The van der Waals surface area contributed by atoms with E-state index in [1.165, 1.54) is 6.20 Å². The SMILES string of the molecule is CCOC(=O)c1cnc2c(NC(=O)c3c(Cl)cccc3Cl)cccc2c1CC(=O)NCCO. The van der Waals surface area contributed by atoms with Crippen molar-refractivity contribution >= 4 is 57.6 Å². The van der Waals surface area contributed by atoms with Crippen molar-refractivity contribution in [1.82, 2.24) is 10.3 Å². The van der Waals surface area contributed by atoms with Gasteiger partial charge in [-0.05, 0) is 30.7 Å². The van der Waals surface area contributed by atoms with E-state index in [1.807, 2.05) is 0 Å². The lowest BCUT2D eigenvalue weighted by atomic mass is 9.99. The second-order valence-corrected chi connectivity index (χ2v) is 7.69. The molecular formula is C23H21Cl2N3O5. The normalized spacial score (nSPS) is 10.7. The van der Waals surface area contributed by atoms with E-state index in [9.17, 15) is 14.4 Å². The molecule has 0 saturated carbocycles. The second-order valence-electron chi connectivity index (χ2n) is 6.87. The topological polar surface area (TPSA) is 118 Å². The average molecular weight is 490 g/mol. The molecule has 3 aromatic rings. The summed E-state index contributed by atoms with van der Waals surface area (Å²) in [6.07, 6.45) is 1.16. The molecule has 10 heteroatoms. The van der Waals surface area contributed by atoms with Crippen LogP contribution in [0.1, 0.15) is 33.2 Å². The summed E-state index contributed by atoms with van der Waals surface area (Å²) in [6.45, 7) is 1.69. The maximum atomic E-state index is 12.9. The molecular weight excluding hydrogens is 469 g/mol. The third-order valence-electron chi connectivity index (χ3n) is 4.71. The van der Waals surface area contributed by atoms with Crippen molar-refractivity contribution in [2.24, 2.45) is 0 Å². The van der Waals surface area contributed by atoms with Gasteiger partial charge in [0.2, 0.25) is 5.91 Å². The molecule has 0 fully saturated rings. The van der Waals surface area contributed by atoms with E-state index in [2.05, 4.69) is 15.6 Å². The summed E-state index contributed by atoms with van der Waals surface area (Å²) in [6, 6.07) is 9.73. The first kappa shape index (κ1) is 24.4. The highest BCUT2D eigenvalue weighted by Gasteiger charge is 2.21. The minimum Gasteiger partial charge on any atom is -0.462 e. The molecule has 0 aliphatic rings. The number of aromatic nitrogens is 1. The standard InChI is InChI=1S/C23H21Cl2N3O5/c1-2-33-23(32)15-12-27-21-13(14(15)11-19(30)26-9-10-29)5-3-8-18(21)28-22(31)20-16(24)6-4-7-17(20)25/h3-8,12,29H,2,9-11H2,1H3,(H,26,30)(H,28,31). The lowest BCUT2D eigenvalue weighted by molar-refractivity contribution is -0.120. The number of aliphatic hydroxyl groups is 1. The van der Waals surface area contributed by atoms with Crippen LogP contribution in [-0.4, -0.2) is 47.6 Å². The van der Waals surface area contributed by atoms with E-state index in [0.29, 0.717) is 22.2 Å². The van der Waals surface area contributed by atoms with E-state index in [0.717, 1.165) is 0 Å². The number of aliphatic hydroxyl groups excluding tert-OH is 1. The number of benzene rings is 2. The molecule has 2 amide bonds. The molecule has 1 aromatic heterocycles. The van der Waals surface area contributed by atoms with Crippen molar-refractivity contribution in [1.29, 1.82) is 0 Å². The third kappa shape index (κ3) is 5.60. The number of fused-ring (bicyclic) bond motifs is 1. The second kappa shape index (κ2) is 11.1. The quantitative estimate of drug-likeness (QED) is 0.416. The Hall–Kier alpha value is -3.20. The lowest BCUT2D eigenvalue weighted by Crippen LogP contribution is -2.28. The smallest absolute Gasteiger partial charge is 0.340 e. The number of halogens is 2. The predicted molar refractivity (Wildman–Crippen MR) is 126 cm³/mol. The van der Waals surface area contributed by atoms with Crippen LogP contribution in [0.2, 0.25) is 10.0 Å². The number of para-hydroxylation sites is 1. The van der Waals surface area contributed by atoms with Gasteiger partial charge in [0.05, 0.1) is 52.0 Å². The van der Waals surface area contributed by atoms with Gasteiger partial charge in [0.25, 0.3) is 5.91 Å². The molecule has 8 nitrogen and oxygen atoms in total. The number of hydrogen-bond donors (Lipinski definition) is 3. The van der Waals surface area contributed by atoms with Gasteiger partial charge in [0, 0.05) is 18.1 Å². The van der Waals surface area contributed by atoms with Crippen molar-refractivity contribution in [2.75, 3.05) is 25.1 Å². The van der Waals surface area contributed by atoms with E-state index in [1.54, 1.807) is 43.3 Å². The number of anilines is 1. The first-order valence-electron chi connectivity index (χ1n) is 10.1. The van der Waals surface area contributed by atoms with Gasteiger partial charge in [-0.25, -0.2) is 4.79 Å². The van der Waals surface area contributed by atoms with Crippen LogP contribution in [0.4, 0.5) is 5.69 Å². The van der Waals surface area contributed by atoms with Crippen molar-refractivity contribution < 1.29 is 24.2 Å². The molecule has 0 spiro atoms. The van der Waals surface area contributed by atoms with Crippen molar-refractivity contribution in [2.45, 2.75) is 13.3 Å². The monoisotopic (exact) mass is 489 g/mol. The molecule has 1 heterocycles. The van der Waals surface area contributed by atoms with Gasteiger partial charge in [0.1, 0.15) is 0 Å². The fourth-order valence-electron chi connectivity index (χ4n) is 3.27. The number of nitrogens with one attached hydrogen (secondary N) is 2. The molecule has 0 atom stereocenters. The van der Waals surface area contributed by atoms with Crippen molar-refractivity contribution in [3.05, 3.63) is 69.3 Å². The van der Waals surface area contributed by atoms with Gasteiger partial charge < -0.3 is 20.5 Å². The van der Waals surface area contributed by atoms with E-state index < -0.39 is 11.9 Å². The van der Waals surface area contributed by atoms with Crippen molar-refractivity contribution in [3.63, 3.8) is 0 Å². The molecule has 0 aliphatic heterocycles. The van der Waals surface area contributed by atoms with Gasteiger partial charge >= 0.3 is 5.97 Å². The molecule has 0 unspecified atom stereocenters. The van der Waals surface area contributed by atoms with Gasteiger partial charge in [-0.3, -0.25) is 14.6 Å². The Kier molecular flexibility index (Phi) is 8.21. The Labute approximate surface area is 199 Å². The molecule has 2 aromatic carbocycles. The summed E-state index contributed by atoms with van der Waals surface area (Å²) in [5.74, 6) is -1.54. The highest BCUT2D eigenvalue weighted by Crippen LogP contribution is 2.30. The van der Waals surface area contributed by atoms with Gasteiger partial charge in [-0.1, -0.05) is 41.4 Å². The van der Waals surface area contributed by atoms with Gasteiger partial charge in [0.15, 0.2) is 0 Å². The van der Waals surface area contributed by atoms with Gasteiger partial charge in [-0.15, -0.1) is 0 Å². The largest absolute Gasteiger partial charge is 0.462 e. The number of esters is 1. The van der Waals surface area contributed by atoms with Crippen LogP contribution in [0.25, 0.3) is 10.9 Å². The average Bonchev–Trinajstić information content (AvgIpc) is 2.78. The summed E-state index contributed by atoms with van der Waals surface area (Å²) < 4.78 is 5.11. The van der Waals surface area contributed by atoms with Crippen LogP contribution in [0.3, 0.4) is 0 Å². The minimum atomic E-state index is -0.617. The molecule has 0 radical (unpaired) electrons. The van der Waals surface area contributed by atoms with Crippen LogP contribution in [-0.2, 0) is 16.0 Å². The first-order valence-corrected chi connectivity index (χ1v) is 10.8. The molecule has 0 aliphatic carbocycles. The fourth-order valence-corrected chi connectivity index (χ4v) is 3.84. The van der Waals surface area contributed by atoms with Crippen LogP contribution in [0.5, 0.6) is 0 Å². The van der Waals surface area contributed by atoms with E-state index in [-0.39, 0.29) is 53.3 Å². The number of carbonyl (C=O) groups excluding carboxylic acids is 3. The molecule has 0 bridgehead atoms. The van der Waals surface area contributed by atoms with Crippen molar-refractivity contribution in [3.8, 4) is 0 Å². The molecule has 0 saturated heterocycles. The van der Waals surface area contributed by atoms with Crippen LogP contribution in [0, 0.1) is 0 Å². The lowest BCUT2D eigenvalue weighted by Gasteiger charge is -2.15. The van der Waals surface area contributed by atoms with E-state index >= 15 is 0 Å². The van der Waals surface area contributed by atoms with Crippen LogP contribution >= 0.6 is 23.2 Å². The third-order valence-corrected chi connectivity index (χ3v) is 5.34. The zero-order valence-electron chi connectivity index (χ0n) is 17.7. The highest BCUT2D eigenvalue weighted by atomic mass is 35.5. The minimum absolute atomic E-state index is 0.0799. The Morgan fingerprint density at radius 3 is 2.45 bits per heavy atom. The zero-order valence-corrected chi connectivity index (χ0v) is 19.2. The molecule has 33 heavy (non-hydrogen) atoms. The number of hydrogen-bond acceptors (Lipinski definition) is 6. The summed E-state index contributed by atoms with van der Waals surface area (Å²) in [7, 11) is 0. The number of ether oxygens (including phenoxy) is 1.